The van der Waals surface area contributed by atoms with Crippen LogP contribution in [0.2, 0.25) is 5.02 Å². The fourth-order valence-corrected chi connectivity index (χ4v) is 4.63. The second-order valence-corrected chi connectivity index (χ2v) is 9.03. The second-order valence-electron chi connectivity index (χ2n) is 8.62. The van der Waals surface area contributed by atoms with Crippen molar-refractivity contribution in [2.45, 2.75) is 63.2 Å². The van der Waals surface area contributed by atoms with E-state index in [-0.39, 0.29) is 35.4 Å². The van der Waals surface area contributed by atoms with Crippen LogP contribution in [0.4, 0.5) is 31.0 Å². The number of nitrogens with one attached hydrogen (secondary N) is 1. The molecule has 0 spiro atoms. The van der Waals surface area contributed by atoms with Crippen LogP contribution in [0.3, 0.4) is 0 Å². The van der Waals surface area contributed by atoms with Crippen LogP contribution in [0.25, 0.3) is 0 Å². The summed E-state index contributed by atoms with van der Waals surface area (Å²) in [5.41, 5.74) is 6.21. The fourth-order valence-electron chi connectivity index (χ4n) is 4.35. The van der Waals surface area contributed by atoms with Gasteiger partial charge in [0.15, 0.2) is 17.4 Å². The Balaban J connectivity index is 1.48. The van der Waals surface area contributed by atoms with Crippen molar-refractivity contribution < 1.29 is 18.7 Å². The van der Waals surface area contributed by atoms with Crippen molar-refractivity contribution in [3.63, 3.8) is 0 Å². The van der Waals surface area contributed by atoms with Gasteiger partial charge in [0.05, 0.1) is 11.6 Å². The molecule has 1 aromatic carbocycles. The summed E-state index contributed by atoms with van der Waals surface area (Å²) in [5, 5.41) is 12.7. The van der Waals surface area contributed by atoms with Crippen molar-refractivity contribution in [2.75, 3.05) is 15.1 Å². The smallest absolute Gasteiger partial charge is 0.330 e. The van der Waals surface area contributed by atoms with Crippen LogP contribution in [0.5, 0.6) is 5.75 Å². The number of carbonyl (C=O) groups excluding carboxylic acids is 1. The van der Waals surface area contributed by atoms with Gasteiger partial charge in [0.1, 0.15) is 11.5 Å². The first kappa shape index (κ1) is 21.1. The van der Waals surface area contributed by atoms with Crippen LogP contribution < -0.4 is 20.9 Å². The molecular formula is C21H23ClF2N6O2. The van der Waals surface area contributed by atoms with E-state index in [1.165, 1.54) is 4.90 Å². The molecule has 0 atom stereocenters. The van der Waals surface area contributed by atoms with Gasteiger partial charge in [-0.3, -0.25) is 9.80 Å². The minimum absolute atomic E-state index is 0.0579. The van der Waals surface area contributed by atoms with Gasteiger partial charge in [0.25, 0.3) is 0 Å². The number of aromatic nitrogens is 2. The summed E-state index contributed by atoms with van der Waals surface area (Å²) >= 11 is 6.07. The molecule has 0 unspecified atom stereocenters. The zero-order valence-corrected chi connectivity index (χ0v) is 17.9. The van der Waals surface area contributed by atoms with E-state index in [4.69, 9.17) is 17.3 Å². The number of carbonyl (C=O) groups is 1. The molecule has 5 rings (SSSR count). The third-order valence-electron chi connectivity index (χ3n) is 6.24. The fraction of sp³-hybridized carbons (Fsp3) is 0.476. The number of aromatic hydroxyl groups is 1. The minimum Gasteiger partial charge on any atom is -0.503 e. The predicted octanol–water partition coefficient (Wildman–Crippen LogP) is 3.90. The summed E-state index contributed by atoms with van der Waals surface area (Å²) in [6.07, 6.45) is 6.89. The van der Waals surface area contributed by atoms with E-state index in [9.17, 15) is 18.7 Å². The van der Waals surface area contributed by atoms with E-state index >= 15 is 0 Å². The maximum absolute atomic E-state index is 14.7. The standard InChI is InChI=1S/C21H23ClF2N6O2/c22-14-7-15(23)18(31)16(24)17(14)29-9-10-8-26-20(27-12-3-1-11(25)2-4-12)28-19(10)30(21(29)32)13-5-6-13/h7-8,11-13,31H,1-6,9,25H2,(H,26,27,28). The molecule has 2 aromatic rings. The molecule has 170 valence electrons. The summed E-state index contributed by atoms with van der Waals surface area (Å²) < 4.78 is 28.4. The minimum atomic E-state index is -1.28. The Morgan fingerprint density at radius 3 is 2.59 bits per heavy atom. The highest BCUT2D eigenvalue weighted by Gasteiger charge is 2.43. The Bertz CT molecular complexity index is 1070. The van der Waals surface area contributed by atoms with Crippen molar-refractivity contribution in [1.82, 2.24) is 9.97 Å². The normalized spacial score (nSPS) is 23.3. The lowest BCUT2D eigenvalue weighted by molar-refractivity contribution is 0.249. The van der Waals surface area contributed by atoms with E-state index in [1.54, 1.807) is 6.20 Å². The van der Waals surface area contributed by atoms with Crippen molar-refractivity contribution in [3.05, 3.63) is 34.5 Å². The van der Waals surface area contributed by atoms with Crippen LogP contribution in [-0.4, -0.2) is 39.2 Å². The number of anilines is 3. The number of phenolic OH excluding ortho intramolecular Hbond substituents is 1. The number of rotatable bonds is 4. The van der Waals surface area contributed by atoms with Crippen molar-refractivity contribution in [1.29, 1.82) is 0 Å². The van der Waals surface area contributed by atoms with Crippen LogP contribution in [0.15, 0.2) is 12.3 Å². The van der Waals surface area contributed by atoms with E-state index in [1.807, 2.05) is 0 Å². The summed E-state index contributed by atoms with van der Waals surface area (Å²) in [6.45, 7) is -0.0579. The quantitative estimate of drug-likeness (QED) is 0.633. The maximum atomic E-state index is 14.7. The third kappa shape index (κ3) is 3.71. The van der Waals surface area contributed by atoms with E-state index in [0.717, 1.165) is 49.5 Å². The number of urea groups is 1. The molecule has 11 heteroatoms. The number of nitrogens with zero attached hydrogens (tertiary/aromatic N) is 4. The van der Waals surface area contributed by atoms with Gasteiger partial charge in [-0.05, 0) is 44.6 Å². The largest absolute Gasteiger partial charge is 0.503 e. The number of fused-ring (bicyclic) bond motifs is 1. The van der Waals surface area contributed by atoms with Crippen molar-refractivity contribution in [3.8, 4) is 5.75 Å². The molecule has 0 radical (unpaired) electrons. The lowest BCUT2D eigenvalue weighted by Crippen LogP contribution is -2.49. The summed E-state index contributed by atoms with van der Waals surface area (Å²) in [5.74, 6) is -2.74. The Morgan fingerprint density at radius 1 is 1.19 bits per heavy atom. The summed E-state index contributed by atoms with van der Waals surface area (Å²) in [7, 11) is 0. The average Bonchev–Trinajstić information content (AvgIpc) is 3.59. The number of hydrogen-bond acceptors (Lipinski definition) is 6. The zero-order chi connectivity index (χ0) is 22.6. The van der Waals surface area contributed by atoms with E-state index < -0.39 is 23.4 Å². The van der Waals surface area contributed by atoms with Gasteiger partial charge in [-0.2, -0.15) is 4.98 Å². The number of nitrogens with two attached hydrogens (primary N) is 1. The molecule has 2 amide bonds. The van der Waals surface area contributed by atoms with Crippen LogP contribution in [0, 0.1) is 11.6 Å². The lowest BCUT2D eigenvalue weighted by Gasteiger charge is -2.37. The van der Waals surface area contributed by atoms with Gasteiger partial charge in [-0.1, -0.05) is 11.6 Å². The van der Waals surface area contributed by atoms with Gasteiger partial charge in [0, 0.05) is 29.9 Å². The van der Waals surface area contributed by atoms with Crippen molar-refractivity contribution >= 4 is 35.1 Å². The highest BCUT2D eigenvalue weighted by Crippen LogP contribution is 2.43. The Labute approximate surface area is 188 Å². The van der Waals surface area contributed by atoms with Crippen LogP contribution >= 0.6 is 11.6 Å². The zero-order valence-electron chi connectivity index (χ0n) is 17.2. The molecule has 4 N–H and O–H groups in total. The number of amides is 2. The molecule has 1 aliphatic heterocycles. The molecule has 0 bridgehead atoms. The highest BCUT2D eigenvalue weighted by molar-refractivity contribution is 6.34. The average molecular weight is 465 g/mol. The third-order valence-corrected chi connectivity index (χ3v) is 6.53. The van der Waals surface area contributed by atoms with Gasteiger partial charge in [-0.15, -0.1) is 0 Å². The first-order valence-corrected chi connectivity index (χ1v) is 11.1. The predicted molar refractivity (Wildman–Crippen MR) is 116 cm³/mol. The Hall–Kier alpha value is -2.72. The molecule has 2 aliphatic carbocycles. The molecule has 32 heavy (non-hydrogen) atoms. The number of benzene rings is 1. The number of halogens is 3. The molecular weight excluding hydrogens is 442 g/mol. The number of phenols is 1. The second kappa shape index (κ2) is 8.00. The molecule has 2 heterocycles. The topological polar surface area (TPSA) is 108 Å². The monoisotopic (exact) mass is 464 g/mol. The van der Waals surface area contributed by atoms with Gasteiger partial charge >= 0.3 is 6.03 Å². The van der Waals surface area contributed by atoms with E-state index in [0.29, 0.717) is 17.3 Å². The van der Waals surface area contributed by atoms with Crippen LogP contribution in [-0.2, 0) is 6.54 Å². The van der Waals surface area contributed by atoms with E-state index in [2.05, 4.69) is 15.3 Å². The van der Waals surface area contributed by atoms with Gasteiger partial charge in [0.2, 0.25) is 5.95 Å². The molecule has 8 nitrogen and oxygen atoms in total. The molecule has 0 saturated heterocycles. The highest BCUT2D eigenvalue weighted by atomic mass is 35.5. The lowest BCUT2D eigenvalue weighted by atomic mass is 9.92. The first-order chi connectivity index (χ1) is 15.3. The molecule has 1 aromatic heterocycles. The SMILES string of the molecule is NC1CCC(Nc2ncc3c(n2)N(C2CC2)C(=O)N(c2c(Cl)cc(F)c(O)c2F)C3)CC1. The summed E-state index contributed by atoms with van der Waals surface area (Å²) in [4.78, 5) is 25.0. The maximum Gasteiger partial charge on any atom is 0.330 e. The van der Waals surface area contributed by atoms with Gasteiger partial charge < -0.3 is 16.2 Å². The van der Waals surface area contributed by atoms with Gasteiger partial charge in [-0.25, -0.2) is 18.6 Å². The molecule has 3 aliphatic rings. The Kier molecular flexibility index (Phi) is 5.29. The molecule has 2 saturated carbocycles. The first-order valence-electron chi connectivity index (χ1n) is 10.7. The van der Waals surface area contributed by atoms with Crippen LogP contribution in [0.1, 0.15) is 44.1 Å². The summed E-state index contributed by atoms with van der Waals surface area (Å²) in [6, 6.07) is 0.632. The Morgan fingerprint density at radius 2 is 1.91 bits per heavy atom. The van der Waals surface area contributed by atoms with Crippen molar-refractivity contribution in [2.24, 2.45) is 5.73 Å². The molecule has 2 fully saturated rings. The number of hydrogen-bond donors (Lipinski definition) is 3.